The van der Waals surface area contributed by atoms with Crippen LogP contribution in [-0.4, -0.2) is 32.1 Å². The van der Waals surface area contributed by atoms with Crippen LogP contribution in [-0.2, 0) is 0 Å². The van der Waals surface area contributed by atoms with Gasteiger partial charge in [-0.15, -0.1) is 0 Å². The van der Waals surface area contributed by atoms with E-state index in [0.717, 1.165) is 6.54 Å². The van der Waals surface area contributed by atoms with Crippen LogP contribution in [0.3, 0.4) is 0 Å². The molecule has 0 bridgehead atoms. The van der Waals surface area contributed by atoms with Crippen molar-refractivity contribution in [3.8, 4) is 5.75 Å². The molecule has 0 aliphatic rings. The van der Waals surface area contributed by atoms with E-state index in [-0.39, 0.29) is 5.82 Å². The summed E-state index contributed by atoms with van der Waals surface area (Å²) in [5.74, 6) is 0.323. The van der Waals surface area contributed by atoms with Crippen LogP contribution in [0.1, 0.15) is 0 Å². The van der Waals surface area contributed by atoms with Crippen molar-refractivity contribution < 1.29 is 9.13 Å². The molecule has 1 rings (SSSR count). The molecule has 0 atom stereocenters. The van der Waals surface area contributed by atoms with Crippen molar-refractivity contribution in [2.75, 3.05) is 27.2 Å². The summed E-state index contributed by atoms with van der Waals surface area (Å²) in [5, 5.41) is 0. The largest absolute Gasteiger partial charge is 0.492 e. The molecule has 3 heteroatoms. The Labute approximate surface area is 77.9 Å². The molecule has 0 saturated carbocycles. The normalized spacial score (nSPS) is 10.5. The maximum absolute atomic E-state index is 12.7. The maximum atomic E-state index is 12.7. The molecule has 0 heterocycles. The van der Waals surface area contributed by atoms with E-state index in [1.165, 1.54) is 12.1 Å². The van der Waals surface area contributed by atoms with Gasteiger partial charge in [0.1, 0.15) is 18.2 Å². The molecule has 0 amide bonds. The van der Waals surface area contributed by atoms with Crippen LogP contribution >= 0.6 is 0 Å². The van der Waals surface area contributed by atoms with Crippen molar-refractivity contribution in [3.63, 3.8) is 0 Å². The van der Waals surface area contributed by atoms with Gasteiger partial charge in [0, 0.05) is 12.6 Å². The molecule has 0 N–H and O–H groups in total. The van der Waals surface area contributed by atoms with E-state index in [9.17, 15) is 4.39 Å². The minimum absolute atomic E-state index is 0.262. The number of benzene rings is 1. The number of rotatable bonds is 4. The zero-order valence-electron chi connectivity index (χ0n) is 7.96. The molecule has 1 aromatic carbocycles. The Morgan fingerprint density at radius 3 is 2.77 bits per heavy atom. The van der Waals surface area contributed by atoms with E-state index in [1.807, 2.05) is 19.0 Å². The smallest absolute Gasteiger partial charge is 0.126 e. The molecule has 1 aromatic rings. The quantitative estimate of drug-likeness (QED) is 0.705. The van der Waals surface area contributed by atoms with Gasteiger partial charge >= 0.3 is 0 Å². The Morgan fingerprint density at radius 1 is 1.38 bits per heavy atom. The Kier molecular flexibility index (Phi) is 3.71. The molecule has 0 spiro atoms. The van der Waals surface area contributed by atoms with Gasteiger partial charge in [-0.05, 0) is 26.2 Å². The highest BCUT2D eigenvalue weighted by atomic mass is 19.1. The summed E-state index contributed by atoms with van der Waals surface area (Å²) in [6, 6.07) is 6.17. The second-order valence-corrected chi connectivity index (χ2v) is 3.11. The first kappa shape index (κ1) is 9.99. The van der Waals surface area contributed by atoms with Gasteiger partial charge in [0.05, 0.1) is 0 Å². The molecule has 0 aromatic heterocycles. The molecular formula is C10H14FNO. The third-order valence-electron chi connectivity index (χ3n) is 1.60. The number of ether oxygens (including phenoxy) is 1. The molecule has 0 fully saturated rings. The Bertz CT molecular complexity index is 263. The van der Waals surface area contributed by atoms with Crippen LogP contribution in [0.5, 0.6) is 5.75 Å². The lowest BCUT2D eigenvalue weighted by molar-refractivity contribution is 0.260. The standard InChI is InChI=1S/C10H14FNO/c1-12(2)6-7-13-10-5-3-4-9(11)8-10/h3-5,8H,6-7H2,1-2H3. The van der Waals surface area contributed by atoms with Gasteiger partial charge in [0.25, 0.3) is 0 Å². The van der Waals surface area contributed by atoms with E-state index < -0.39 is 0 Å². The third kappa shape index (κ3) is 3.90. The summed E-state index contributed by atoms with van der Waals surface area (Å²) in [6.07, 6.45) is 0. The summed E-state index contributed by atoms with van der Waals surface area (Å²) in [7, 11) is 3.93. The average molecular weight is 183 g/mol. The Morgan fingerprint density at radius 2 is 2.15 bits per heavy atom. The molecular weight excluding hydrogens is 169 g/mol. The van der Waals surface area contributed by atoms with E-state index in [2.05, 4.69) is 0 Å². The van der Waals surface area contributed by atoms with E-state index in [1.54, 1.807) is 12.1 Å². The van der Waals surface area contributed by atoms with Crippen molar-refractivity contribution in [3.05, 3.63) is 30.1 Å². The lowest BCUT2D eigenvalue weighted by Crippen LogP contribution is -2.19. The minimum atomic E-state index is -0.262. The minimum Gasteiger partial charge on any atom is -0.492 e. The highest BCUT2D eigenvalue weighted by molar-refractivity contribution is 5.22. The molecule has 0 aliphatic heterocycles. The van der Waals surface area contributed by atoms with Crippen LogP contribution in [0.15, 0.2) is 24.3 Å². The van der Waals surface area contributed by atoms with Gasteiger partial charge in [-0.1, -0.05) is 6.07 Å². The van der Waals surface area contributed by atoms with Crippen LogP contribution < -0.4 is 4.74 Å². The monoisotopic (exact) mass is 183 g/mol. The number of hydrogen-bond donors (Lipinski definition) is 0. The van der Waals surface area contributed by atoms with Crippen LogP contribution in [0, 0.1) is 5.82 Å². The van der Waals surface area contributed by atoms with Gasteiger partial charge < -0.3 is 9.64 Å². The second-order valence-electron chi connectivity index (χ2n) is 3.11. The number of likely N-dealkylation sites (N-methyl/N-ethyl adjacent to an activating group) is 1. The van der Waals surface area contributed by atoms with Gasteiger partial charge in [-0.2, -0.15) is 0 Å². The van der Waals surface area contributed by atoms with Crippen molar-refractivity contribution in [1.82, 2.24) is 4.90 Å². The highest BCUT2D eigenvalue weighted by Gasteiger charge is 1.95. The van der Waals surface area contributed by atoms with E-state index in [4.69, 9.17) is 4.74 Å². The van der Waals surface area contributed by atoms with Crippen molar-refractivity contribution in [1.29, 1.82) is 0 Å². The highest BCUT2D eigenvalue weighted by Crippen LogP contribution is 2.11. The molecule has 72 valence electrons. The van der Waals surface area contributed by atoms with Crippen LogP contribution in [0.25, 0.3) is 0 Å². The lowest BCUT2D eigenvalue weighted by atomic mass is 10.3. The first-order valence-corrected chi connectivity index (χ1v) is 4.21. The molecule has 0 aliphatic carbocycles. The van der Waals surface area contributed by atoms with Crippen molar-refractivity contribution in [2.45, 2.75) is 0 Å². The molecule has 0 unspecified atom stereocenters. The predicted molar refractivity (Wildman–Crippen MR) is 50.4 cm³/mol. The maximum Gasteiger partial charge on any atom is 0.126 e. The summed E-state index contributed by atoms with van der Waals surface area (Å²) >= 11 is 0. The topological polar surface area (TPSA) is 12.5 Å². The van der Waals surface area contributed by atoms with E-state index >= 15 is 0 Å². The number of nitrogens with zero attached hydrogens (tertiary/aromatic N) is 1. The summed E-state index contributed by atoms with van der Waals surface area (Å²) in [4.78, 5) is 2.01. The Hall–Kier alpha value is -1.09. The third-order valence-corrected chi connectivity index (χ3v) is 1.60. The van der Waals surface area contributed by atoms with Gasteiger partial charge in [-0.25, -0.2) is 4.39 Å². The molecule has 13 heavy (non-hydrogen) atoms. The Balaban J connectivity index is 2.37. The fourth-order valence-electron chi connectivity index (χ4n) is 0.903. The summed E-state index contributed by atoms with van der Waals surface area (Å²) in [6.45, 7) is 1.41. The fourth-order valence-corrected chi connectivity index (χ4v) is 0.903. The first-order chi connectivity index (χ1) is 6.18. The van der Waals surface area contributed by atoms with Crippen LogP contribution in [0.2, 0.25) is 0 Å². The molecule has 2 nitrogen and oxygen atoms in total. The number of hydrogen-bond acceptors (Lipinski definition) is 2. The van der Waals surface area contributed by atoms with Gasteiger partial charge in [0.2, 0.25) is 0 Å². The number of halogens is 1. The van der Waals surface area contributed by atoms with Crippen molar-refractivity contribution in [2.24, 2.45) is 0 Å². The molecule has 0 radical (unpaired) electrons. The first-order valence-electron chi connectivity index (χ1n) is 4.21. The van der Waals surface area contributed by atoms with Gasteiger partial charge in [0.15, 0.2) is 0 Å². The average Bonchev–Trinajstić information content (AvgIpc) is 2.03. The fraction of sp³-hybridized carbons (Fsp3) is 0.400. The summed E-state index contributed by atoms with van der Waals surface area (Å²) in [5.41, 5.74) is 0. The SMILES string of the molecule is CN(C)CCOc1cccc(F)c1. The van der Waals surface area contributed by atoms with Crippen molar-refractivity contribution >= 4 is 0 Å². The molecule has 0 saturated heterocycles. The van der Waals surface area contributed by atoms with Gasteiger partial charge in [-0.3, -0.25) is 0 Å². The predicted octanol–water partition coefficient (Wildman–Crippen LogP) is 1.77. The second kappa shape index (κ2) is 4.82. The lowest BCUT2D eigenvalue weighted by Gasteiger charge is -2.10. The van der Waals surface area contributed by atoms with Crippen LogP contribution in [0.4, 0.5) is 4.39 Å². The van der Waals surface area contributed by atoms with E-state index in [0.29, 0.717) is 12.4 Å². The zero-order chi connectivity index (χ0) is 9.68. The summed E-state index contributed by atoms with van der Waals surface area (Å²) < 4.78 is 18.0. The zero-order valence-corrected chi connectivity index (χ0v) is 7.96.